The number of halogens is 2. The highest BCUT2D eigenvalue weighted by atomic mass is 19.2. The van der Waals surface area contributed by atoms with Crippen LogP contribution in [0.25, 0.3) is 0 Å². The van der Waals surface area contributed by atoms with Crippen molar-refractivity contribution in [3.05, 3.63) is 66.1 Å². The van der Waals surface area contributed by atoms with Gasteiger partial charge in [0.25, 0.3) is 5.91 Å². The summed E-state index contributed by atoms with van der Waals surface area (Å²) in [7, 11) is 0. The number of aromatic nitrogens is 2. The number of nitrogens with one attached hydrogen (secondary N) is 2. The van der Waals surface area contributed by atoms with Gasteiger partial charge in [-0.25, -0.2) is 23.7 Å². The smallest absolute Gasteiger partial charge is 0.274 e. The predicted molar refractivity (Wildman–Crippen MR) is 103 cm³/mol. The minimum Gasteiger partial charge on any atom is -0.387 e. The lowest BCUT2D eigenvalue weighted by molar-refractivity contribution is 0.0946. The van der Waals surface area contributed by atoms with Gasteiger partial charge in [0.15, 0.2) is 23.1 Å². The van der Waals surface area contributed by atoms with Crippen LogP contribution in [-0.2, 0) is 6.54 Å². The summed E-state index contributed by atoms with van der Waals surface area (Å²) in [6.07, 6.45) is 5.52. The van der Waals surface area contributed by atoms with Crippen LogP contribution in [0.3, 0.4) is 0 Å². The van der Waals surface area contributed by atoms with Crippen molar-refractivity contribution in [1.82, 2.24) is 15.3 Å². The molecule has 2 aromatic rings. The normalized spacial score (nSPS) is 12.6. The van der Waals surface area contributed by atoms with Gasteiger partial charge < -0.3 is 11.1 Å². The van der Waals surface area contributed by atoms with Crippen molar-refractivity contribution in [2.75, 3.05) is 5.43 Å². The van der Waals surface area contributed by atoms with E-state index in [1.54, 1.807) is 6.08 Å². The molecule has 0 saturated heterocycles. The first kappa shape index (κ1) is 20.6. The number of amidine groups is 1. The number of aliphatic imine (C=N–C) groups is 1. The molecule has 0 saturated carbocycles. The summed E-state index contributed by atoms with van der Waals surface area (Å²) in [5.41, 5.74) is 8.64. The molecule has 146 valence electrons. The van der Waals surface area contributed by atoms with Crippen LogP contribution in [0.15, 0.2) is 53.3 Å². The fourth-order valence-electron chi connectivity index (χ4n) is 1.93. The van der Waals surface area contributed by atoms with E-state index < -0.39 is 17.5 Å². The number of anilines is 1. The molecule has 10 heteroatoms. The summed E-state index contributed by atoms with van der Waals surface area (Å²) < 4.78 is 26.2. The summed E-state index contributed by atoms with van der Waals surface area (Å²) >= 11 is 0. The Kier molecular flexibility index (Phi) is 7.26. The highest BCUT2D eigenvalue weighted by Gasteiger charge is 2.14. The van der Waals surface area contributed by atoms with Crippen LogP contribution in [-0.4, -0.2) is 28.0 Å². The maximum atomic E-state index is 13.2. The molecule has 0 radical (unpaired) electrons. The molecule has 0 bridgehead atoms. The van der Waals surface area contributed by atoms with E-state index in [9.17, 15) is 13.6 Å². The van der Waals surface area contributed by atoms with Gasteiger partial charge in [-0.2, -0.15) is 5.10 Å². The van der Waals surface area contributed by atoms with Crippen LogP contribution in [0.1, 0.15) is 23.0 Å². The molecule has 0 aliphatic rings. The number of carbonyl (C=O) groups excluding carboxylic acids is 1. The average Bonchev–Trinajstić information content (AvgIpc) is 2.71. The van der Waals surface area contributed by atoms with Gasteiger partial charge in [-0.05, 0) is 17.7 Å². The Morgan fingerprint density at radius 2 is 2.07 bits per heavy atom. The lowest BCUT2D eigenvalue weighted by atomic mass is 10.2. The average molecular weight is 387 g/mol. The molecule has 1 aromatic carbocycles. The molecular weight excluding hydrogens is 368 g/mol. The minimum absolute atomic E-state index is 0.0183. The maximum Gasteiger partial charge on any atom is 0.274 e. The van der Waals surface area contributed by atoms with E-state index in [1.807, 2.05) is 6.92 Å². The highest BCUT2D eigenvalue weighted by molar-refractivity contribution is 5.96. The number of hydrazone groups is 1. The van der Waals surface area contributed by atoms with Crippen molar-refractivity contribution in [2.24, 2.45) is 21.7 Å². The van der Waals surface area contributed by atoms with Crippen molar-refractivity contribution in [3.63, 3.8) is 0 Å². The molecule has 2 rings (SSSR count). The van der Waals surface area contributed by atoms with E-state index in [2.05, 4.69) is 37.4 Å². The Morgan fingerprint density at radius 1 is 1.32 bits per heavy atom. The molecule has 1 atom stereocenters. The van der Waals surface area contributed by atoms with E-state index in [-0.39, 0.29) is 24.0 Å². The van der Waals surface area contributed by atoms with Crippen molar-refractivity contribution in [1.29, 1.82) is 0 Å². The second-order valence-corrected chi connectivity index (χ2v) is 5.62. The molecule has 4 N–H and O–H groups in total. The Labute approximate surface area is 160 Å². The van der Waals surface area contributed by atoms with Crippen molar-refractivity contribution >= 4 is 23.9 Å². The van der Waals surface area contributed by atoms with Gasteiger partial charge in [0, 0.05) is 24.9 Å². The Bertz CT molecular complexity index is 915. The summed E-state index contributed by atoms with van der Waals surface area (Å²) in [6, 6.07) is 3.36. The SMILES string of the molecule is C=CC(C)C(N)=N/C=N\Nc1nccnc1C(=O)NCc1ccc(F)c(F)c1. The number of hydrogen-bond acceptors (Lipinski definition) is 5. The molecule has 0 aliphatic heterocycles. The summed E-state index contributed by atoms with van der Waals surface area (Å²) in [5.74, 6) is -2.22. The van der Waals surface area contributed by atoms with Crippen LogP contribution in [0.2, 0.25) is 0 Å². The Hall–Kier alpha value is -3.69. The summed E-state index contributed by atoms with van der Waals surface area (Å²) in [5, 5.41) is 6.38. The fraction of sp³-hybridized carbons (Fsp3) is 0.167. The zero-order valence-corrected chi connectivity index (χ0v) is 15.1. The Balaban J connectivity index is 2.03. The molecule has 1 amide bonds. The van der Waals surface area contributed by atoms with Gasteiger partial charge in [-0.3, -0.25) is 10.2 Å². The molecular formula is C18H19F2N7O. The molecule has 0 spiro atoms. The zero-order valence-electron chi connectivity index (χ0n) is 15.1. The predicted octanol–water partition coefficient (Wildman–Crippen LogP) is 2.22. The lowest BCUT2D eigenvalue weighted by Gasteiger charge is -2.08. The first-order chi connectivity index (χ1) is 13.4. The second-order valence-electron chi connectivity index (χ2n) is 5.62. The Morgan fingerprint density at radius 3 is 2.79 bits per heavy atom. The van der Waals surface area contributed by atoms with E-state index in [4.69, 9.17) is 5.73 Å². The number of hydrogen-bond donors (Lipinski definition) is 3. The third kappa shape index (κ3) is 5.66. The second kappa shape index (κ2) is 9.86. The fourth-order valence-corrected chi connectivity index (χ4v) is 1.93. The molecule has 1 unspecified atom stereocenters. The minimum atomic E-state index is -0.992. The van der Waals surface area contributed by atoms with Crippen LogP contribution in [0, 0.1) is 17.6 Å². The van der Waals surface area contributed by atoms with Gasteiger partial charge in [0.1, 0.15) is 12.2 Å². The monoisotopic (exact) mass is 387 g/mol. The van der Waals surface area contributed by atoms with E-state index in [0.29, 0.717) is 11.4 Å². The number of nitrogens with zero attached hydrogens (tertiary/aromatic N) is 4. The number of benzene rings is 1. The van der Waals surface area contributed by atoms with Crippen molar-refractivity contribution < 1.29 is 13.6 Å². The van der Waals surface area contributed by atoms with Crippen molar-refractivity contribution in [3.8, 4) is 0 Å². The first-order valence-electron chi connectivity index (χ1n) is 8.18. The van der Waals surface area contributed by atoms with Gasteiger partial charge in [0.2, 0.25) is 0 Å². The maximum absolute atomic E-state index is 13.2. The zero-order chi connectivity index (χ0) is 20.5. The van der Waals surface area contributed by atoms with Crippen molar-refractivity contribution in [2.45, 2.75) is 13.5 Å². The van der Waals surface area contributed by atoms with Gasteiger partial charge in [0.05, 0.1) is 0 Å². The van der Waals surface area contributed by atoms with Crippen LogP contribution in [0.4, 0.5) is 14.6 Å². The van der Waals surface area contributed by atoms with Crippen LogP contribution in [0.5, 0.6) is 0 Å². The van der Waals surface area contributed by atoms with E-state index in [0.717, 1.165) is 12.1 Å². The molecule has 28 heavy (non-hydrogen) atoms. The number of nitrogens with two attached hydrogens (primary N) is 1. The third-order valence-electron chi connectivity index (χ3n) is 3.61. The van der Waals surface area contributed by atoms with Gasteiger partial charge in [-0.15, -0.1) is 6.58 Å². The largest absolute Gasteiger partial charge is 0.387 e. The van der Waals surface area contributed by atoms with E-state index >= 15 is 0 Å². The van der Waals surface area contributed by atoms with E-state index in [1.165, 1.54) is 24.8 Å². The van der Waals surface area contributed by atoms with Crippen LogP contribution < -0.4 is 16.5 Å². The van der Waals surface area contributed by atoms with Crippen LogP contribution >= 0.6 is 0 Å². The highest BCUT2D eigenvalue weighted by Crippen LogP contribution is 2.11. The number of amides is 1. The first-order valence-corrected chi connectivity index (χ1v) is 8.18. The molecule has 0 aliphatic carbocycles. The third-order valence-corrected chi connectivity index (χ3v) is 3.61. The molecule has 1 heterocycles. The summed E-state index contributed by atoms with van der Waals surface area (Å²) in [4.78, 5) is 24.2. The van der Waals surface area contributed by atoms with Gasteiger partial charge in [-0.1, -0.05) is 19.1 Å². The number of rotatable bonds is 8. The quantitative estimate of drug-likeness (QED) is 0.278. The van der Waals surface area contributed by atoms with Gasteiger partial charge >= 0.3 is 0 Å². The molecule has 0 fully saturated rings. The standard InChI is InChI=1S/C18H19F2N7O/c1-3-11(2)16(21)25-10-26-27-17-15(22-6-7-23-17)18(28)24-9-12-4-5-13(19)14(20)8-12/h3-8,10-11H,1,9H2,2H3,(H,23,27)(H,24,28)(H2,21,25,26). The number of carbonyl (C=O) groups is 1. The topological polar surface area (TPSA) is 118 Å². The lowest BCUT2D eigenvalue weighted by Crippen LogP contribution is -2.25. The molecule has 1 aromatic heterocycles. The summed E-state index contributed by atoms with van der Waals surface area (Å²) in [6.45, 7) is 5.42. The molecule has 8 nitrogen and oxygen atoms in total.